The van der Waals surface area contributed by atoms with Crippen LogP contribution in [0.2, 0.25) is 0 Å². The van der Waals surface area contributed by atoms with Gasteiger partial charge in [0, 0.05) is 13.0 Å². The summed E-state index contributed by atoms with van der Waals surface area (Å²) >= 11 is 0. The van der Waals surface area contributed by atoms with Crippen LogP contribution >= 0.6 is 0 Å². The number of rotatable bonds is 1. The van der Waals surface area contributed by atoms with Gasteiger partial charge in [-0.05, 0) is 6.42 Å². The van der Waals surface area contributed by atoms with Crippen LogP contribution in [0.4, 0.5) is 0 Å². The first-order valence-electron chi connectivity index (χ1n) is 3.25. The van der Waals surface area contributed by atoms with Gasteiger partial charge in [0.1, 0.15) is 0 Å². The van der Waals surface area contributed by atoms with E-state index in [2.05, 4.69) is 12.0 Å². The van der Waals surface area contributed by atoms with Gasteiger partial charge in [0.05, 0.1) is 18.1 Å². The minimum Gasteiger partial charge on any atom is -0.380 e. The van der Waals surface area contributed by atoms with E-state index in [0.29, 0.717) is 19.6 Å². The quantitative estimate of drug-likeness (QED) is 0.501. The molecular weight excluding hydrogens is 126 g/mol. The molecule has 1 unspecified atom stereocenters. The smallest absolute Gasteiger partial charge is 0.0937 e. The van der Waals surface area contributed by atoms with Crippen molar-refractivity contribution in [1.29, 1.82) is 5.26 Å². The van der Waals surface area contributed by atoms with Gasteiger partial charge in [-0.1, -0.05) is 0 Å². The van der Waals surface area contributed by atoms with Crippen LogP contribution in [0.25, 0.3) is 0 Å². The maximum absolute atomic E-state index is 8.72. The van der Waals surface area contributed by atoms with Crippen molar-refractivity contribution in [2.75, 3.05) is 13.2 Å². The van der Waals surface area contributed by atoms with Crippen molar-refractivity contribution in [3.05, 3.63) is 0 Å². The second kappa shape index (κ2) is 2.73. The minimum atomic E-state index is -0.366. The Morgan fingerprint density at radius 2 is 2.50 bits per heavy atom. The summed E-state index contributed by atoms with van der Waals surface area (Å²) in [6, 6.07) is 2.21. The zero-order valence-corrected chi connectivity index (χ0v) is 5.76. The monoisotopic (exact) mass is 135 g/mol. The lowest BCUT2D eigenvalue weighted by atomic mass is 9.86. The van der Waals surface area contributed by atoms with E-state index in [-0.39, 0.29) is 5.41 Å². The lowest BCUT2D eigenvalue weighted by molar-refractivity contribution is 0.173. The summed E-state index contributed by atoms with van der Waals surface area (Å²) in [5.41, 5.74) is -0.366. The van der Waals surface area contributed by atoms with Crippen LogP contribution in [0, 0.1) is 29.1 Å². The average Bonchev–Trinajstić information content (AvgIpc) is 2.39. The minimum absolute atomic E-state index is 0.366. The highest BCUT2D eigenvalue weighted by molar-refractivity contribution is 5.08. The number of hydrogen-bond donors (Lipinski definition) is 0. The molecule has 0 radical (unpaired) electrons. The van der Waals surface area contributed by atoms with Crippen molar-refractivity contribution in [3.63, 3.8) is 0 Å². The third kappa shape index (κ3) is 1.12. The Labute approximate surface area is 60.8 Å². The van der Waals surface area contributed by atoms with Crippen molar-refractivity contribution in [2.24, 2.45) is 5.41 Å². The third-order valence-electron chi connectivity index (χ3n) is 1.78. The topological polar surface area (TPSA) is 33.0 Å². The number of hydrogen-bond acceptors (Lipinski definition) is 2. The van der Waals surface area contributed by atoms with Gasteiger partial charge < -0.3 is 4.74 Å². The fourth-order valence-corrected chi connectivity index (χ4v) is 1.07. The largest absolute Gasteiger partial charge is 0.380 e. The summed E-state index contributed by atoms with van der Waals surface area (Å²) in [7, 11) is 0. The molecule has 1 fully saturated rings. The number of nitrogens with zero attached hydrogens (tertiary/aromatic N) is 1. The number of terminal acetylenes is 1. The molecule has 1 rings (SSSR count). The molecule has 0 aromatic heterocycles. The Morgan fingerprint density at radius 3 is 2.90 bits per heavy atom. The molecule has 0 amide bonds. The molecule has 0 aromatic rings. The molecule has 2 heteroatoms. The van der Waals surface area contributed by atoms with E-state index in [1.54, 1.807) is 0 Å². The molecule has 52 valence electrons. The van der Waals surface area contributed by atoms with Crippen molar-refractivity contribution in [1.82, 2.24) is 0 Å². The molecule has 1 aliphatic heterocycles. The van der Waals surface area contributed by atoms with E-state index in [1.807, 2.05) is 0 Å². The van der Waals surface area contributed by atoms with E-state index in [1.165, 1.54) is 0 Å². The van der Waals surface area contributed by atoms with E-state index in [0.717, 1.165) is 6.42 Å². The SMILES string of the molecule is C#CCC1(C#N)CCOC1. The standard InChI is InChI=1S/C8H9NO/c1-2-3-8(6-9)4-5-10-7-8/h1H,3-5,7H2. The van der Waals surface area contributed by atoms with Gasteiger partial charge in [-0.3, -0.25) is 0 Å². The number of nitriles is 1. The molecule has 2 nitrogen and oxygen atoms in total. The number of ether oxygens (including phenoxy) is 1. The molecule has 1 heterocycles. The molecule has 1 atom stereocenters. The summed E-state index contributed by atoms with van der Waals surface area (Å²) in [5, 5.41) is 8.72. The van der Waals surface area contributed by atoms with Gasteiger partial charge in [-0.25, -0.2) is 0 Å². The van der Waals surface area contributed by atoms with Crippen molar-refractivity contribution < 1.29 is 4.74 Å². The summed E-state index contributed by atoms with van der Waals surface area (Å²) in [6.07, 6.45) is 6.42. The molecule has 0 bridgehead atoms. The van der Waals surface area contributed by atoms with E-state index < -0.39 is 0 Å². The maximum atomic E-state index is 8.72. The van der Waals surface area contributed by atoms with Gasteiger partial charge in [-0.15, -0.1) is 12.3 Å². The Bertz CT molecular complexity index is 190. The predicted octanol–water partition coefficient (Wildman–Crippen LogP) is 0.940. The van der Waals surface area contributed by atoms with Gasteiger partial charge in [0.2, 0.25) is 0 Å². The van der Waals surface area contributed by atoms with Crippen molar-refractivity contribution >= 4 is 0 Å². The third-order valence-corrected chi connectivity index (χ3v) is 1.78. The van der Waals surface area contributed by atoms with Crippen LogP contribution in [-0.2, 0) is 4.74 Å². The fourth-order valence-electron chi connectivity index (χ4n) is 1.07. The first-order chi connectivity index (χ1) is 4.83. The highest BCUT2D eigenvalue weighted by atomic mass is 16.5. The fraction of sp³-hybridized carbons (Fsp3) is 0.625. The molecule has 0 aliphatic carbocycles. The Kier molecular flexibility index (Phi) is 1.94. The predicted molar refractivity (Wildman–Crippen MR) is 36.9 cm³/mol. The lowest BCUT2D eigenvalue weighted by Crippen LogP contribution is -2.17. The first-order valence-corrected chi connectivity index (χ1v) is 3.25. The normalized spacial score (nSPS) is 31.0. The maximum Gasteiger partial charge on any atom is 0.0937 e. The zero-order valence-electron chi connectivity index (χ0n) is 5.76. The highest BCUT2D eigenvalue weighted by Gasteiger charge is 2.33. The average molecular weight is 135 g/mol. The van der Waals surface area contributed by atoms with Crippen LogP contribution in [0.1, 0.15) is 12.8 Å². The second-order valence-corrected chi connectivity index (χ2v) is 2.58. The van der Waals surface area contributed by atoms with Crippen LogP contribution in [0.3, 0.4) is 0 Å². The highest BCUT2D eigenvalue weighted by Crippen LogP contribution is 2.30. The van der Waals surface area contributed by atoms with Crippen LogP contribution in [-0.4, -0.2) is 13.2 Å². The van der Waals surface area contributed by atoms with Crippen molar-refractivity contribution in [3.8, 4) is 18.4 Å². The molecular formula is C8H9NO. The summed E-state index contributed by atoms with van der Waals surface area (Å²) in [6.45, 7) is 1.18. The van der Waals surface area contributed by atoms with Crippen LogP contribution in [0.15, 0.2) is 0 Å². The molecule has 0 N–H and O–H groups in total. The Hall–Kier alpha value is -0.990. The van der Waals surface area contributed by atoms with Crippen molar-refractivity contribution in [2.45, 2.75) is 12.8 Å². The summed E-state index contributed by atoms with van der Waals surface area (Å²) in [5.74, 6) is 2.50. The van der Waals surface area contributed by atoms with E-state index in [4.69, 9.17) is 16.4 Å². The van der Waals surface area contributed by atoms with Crippen LogP contribution in [0.5, 0.6) is 0 Å². The second-order valence-electron chi connectivity index (χ2n) is 2.58. The van der Waals surface area contributed by atoms with E-state index in [9.17, 15) is 0 Å². The van der Waals surface area contributed by atoms with Gasteiger partial charge in [0.25, 0.3) is 0 Å². The Balaban J connectivity index is 2.62. The molecule has 0 aromatic carbocycles. The zero-order chi connectivity index (χ0) is 7.45. The summed E-state index contributed by atoms with van der Waals surface area (Å²) < 4.78 is 5.09. The molecule has 0 saturated carbocycles. The van der Waals surface area contributed by atoms with Gasteiger partial charge >= 0.3 is 0 Å². The summed E-state index contributed by atoms with van der Waals surface area (Å²) in [4.78, 5) is 0. The molecule has 0 spiro atoms. The first kappa shape index (κ1) is 7.12. The molecule has 10 heavy (non-hydrogen) atoms. The molecule has 1 saturated heterocycles. The molecule has 1 aliphatic rings. The van der Waals surface area contributed by atoms with E-state index >= 15 is 0 Å². The lowest BCUT2D eigenvalue weighted by Gasteiger charge is -2.12. The van der Waals surface area contributed by atoms with Gasteiger partial charge in [0.15, 0.2) is 0 Å². The Morgan fingerprint density at radius 1 is 1.70 bits per heavy atom. The van der Waals surface area contributed by atoms with Gasteiger partial charge in [-0.2, -0.15) is 5.26 Å². The van der Waals surface area contributed by atoms with Crippen LogP contribution < -0.4 is 0 Å².